The van der Waals surface area contributed by atoms with Crippen molar-refractivity contribution in [2.75, 3.05) is 11.9 Å². The van der Waals surface area contributed by atoms with Gasteiger partial charge in [0.05, 0.1) is 6.54 Å². The molecule has 3 aromatic rings. The molecule has 2 N–H and O–H groups in total. The van der Waals surface area contributed by atoms with Crippen LogP contribution in [0.25, 0.3) is 11.3 Å². The summed E-state index contributed by atoms with van der Waals surface area (Å²) >= 11 is 0. The molecular weight excluding hydrogens is 361 g/mol. The number of anilines is 1. The molecule has 3 heterocycles. The van der Waals surface area contributed by atoms with Crippen molar-refractivity contribution >= 4 is 11.7 Å². The van der Waals surface area contributed by atoms with Gasteiger partial charge < -0.3 is 15.2 Å². The molecule has 0 saturated heterocycles. The van der Waals surface area contributed by atoms with Crippen LogP contribution in [-0.2, 0) is 13.0 Å². The Hall–Kier alpha value is -3.29. The number of fused-ring (bicyclic) bond motifs is 1. The third kappa shape index (κ3) is 3.58. The molecule has 1 amide bonds. The van der Waals surface area contributed by atoms with Gasteiger partial charge in [0.2, 0.25) is 0 Å². The summed E-state index contributed by atoms with van der Waals surface area (Å²) in [7, 11) is 0. The molecule has 4 rings (SSSR count). The van der Waals surface area contributed by atoms with Crippen molar-refractivity contribution in [1.29, 1.82) is 0 Å². The number of benzene rings is 1. The van der Waals surface area contributed by atoms with Crippen LogP contribution in [-0.4, -0.2) is 27.6 Å². The summed E-state index contributed by atoms with van der Waals surface area (Å²) in [6, 6.07) is 7.86. The highest BCUT2D eigenvalue weighted by atomic mass is 19.1. The van der Waals surface area contributed by atoms with Gasteiger partial charge in [0, 0.05) is 29.7 Å². The first-order valence-electron chi connectivity index (χ1n) is 9.15. The first kappa shape index (κ1) is 18.1. The lowest BCUT2D eigenvalue weighted by molar-refractivity contribution is 0.0940. The Balaban J connectivity index is 1.57. The molecule has 0 atom stereocenters. The third-order valence-corrected chi connectivity index (χ3v) is 4.55. The first-order chi connectivity index (χ1) is 13.5. The van der Waals surface area contributed by atoms with E-state index in [1.54, 1.807) is 18.2 Å². The lowest BCUT2D eigenvalue weighted by atomic mass is 10.1. The molecule has 0 bridgehead atoms. The number of hydrogen-bond acceptors (Lipinski definition) is 6. The third-order valence-electron chi connectivity index (χ3n) is 4.55. The highest BCUT2D eigenvalue weighted by molar-refractivity contribution is 5.96. The SMILES string of the molecule is CC(C)c1nc(NCc2cc(-c3ccc(F)cc3)no2)c2c(n1)C(=O)NCC2. The summed E-state index contributed by atoms with van der Waals surface area (Å²) in [6.07, 6.45) is 0.666. The molecule has 1 aliphatic heterocycles. The molecule has 144 valence electrons. The maximum atomic E-state index is 13.1. The summed E-state index contributed by atoms with van der Waals surface area (Å²) in [5.41, 5.74) is 2.64. The van der Waals surface area contributed by atoms with Crippen molar-refractivity contribution in [1.82, 2.24) is 20.4 Å². The van der Waals surface area contributed by atoms with E-state index in [2.05, 4.69) is 25.8 Å². The van der Waals surface area contributed by atoms with Crippen LogP contribution in [0.5, 0.6) is 0 Å². The minimum atomic E-state index is -0.298. The quantitative estimate of drug-likeness (QED) is 0.704. The van der Waals surface area contributed by atoms with Gasteiger partial charge in [-0.05, 0) is 30.7 Å². The molecule has 0 aliphatic carbocycles. The van der Waals surface area contributed by atoms with Gasteiger partial charge in [-0.25, -0.2) is 14.4 Å². The van der Waals surface area contributed by atoms with E-state index in [0.717, 1.165) is 11.1 Å². The number of amides is 1. The van der Waals surface area contributed by atoms with Crippen molar-refractivity contribution in [2.45, 2.75) is 32.7 Å². The molecule has 0 fully saturated rings. The van der Waals surface area contributed by atoms with Crippen molar-refractivity contribution in [3.8, 4) is 11.3 Å². The maximum Gasteiger partial charge on any atom is 0.270 e. The zero-order valence-corrected chi connectivity index (χ0v) is 15.6. The molecule has 0 unspecified atom stereocenters. The van der Waals surface area contributed by atoms with E-state index in [1.165, 1.54) is 12.1 Å². The predicted octanol–water partition coefficient (Wildman–Crippen LogP) is 3.29. The van der Waals surface area contributed by atoms with E-state index in [0.29, 0.717) is 48.3 Å². The summed E-state index contributed by atoms with van der Waals surface area (Å²) in [5, 5.41) is 10.1. The molecule has 0 saturated carbocycles. The smallest absolute Gasteiger partial charge is 0.270 e. The van der Waals surface area contributed by atoms with Crippen LogP contribution < -0.4 is 10.6 Å². The normalized spacial score (nSPS) is 13.4. The van der Waals surface area contributed by atoms with Gasteiger partial charge in [0.1, 0.15) is 28.8 Å². The molecule has 1 aromatic carbocycles. The second-order valence-corrected chi connectivity index (χ2v) is 6.96. The van der Waals surface area contributed by atoms with Crippen molar-refractivity contribution in [2.24, 2.45) is 0 Å². The van der Waals surface area contributed by atoms with Gasteiger partial charge in [0.15, 0.2) is 5.76 Å². The summed E-state index contributed by atoms with van der Waals surface area (Å²) in [6.45, 7) is 4.88. The van der Waals surface area contributed by atoms with Crippen LogP contribution in [0.3, 0.4) is 0 Å². The van der Waals surface area contributed by atoms with Gasteiger partial charge in [-0.2, -0.15) is 0 Å². The minimum absolute atomic E-state index is 0.0935. The largest absolute Gasteiger partial charge is 0.362 e. The summed E-state index contributed by atoms with van der Waals surface area (Å²) < 4.78 is 18.5. The minimum Gasteiger partial charge on any atom is -0.362 e. The van der Waals surface area contributed by atoms with E-state index in [4.69, 9.17) is 4.52 Å². The second kappa shape index (κ2) is 7.38. The van der Waals surface area contributed by atoms with Crippen molar-refractivity contribution in [3.05, 3.63) is 59.0 Å². The number of nitrogens with one attached hydrogen (secondary N) is 2. The van der Waals surface area contributed by atoms with E-state index >= 15 is 0 Å². The van der Waals surface area contributed by atoms with E-state index in [1.807, 2.05) is 13.8 Å². The Bertz CT molecular complexity index is 1010. The predicted molar refractivity (Wildman–Crippen MR) is 101 cm³/mol. The monoisotopic (exact) mass is 381 g/mol. The number of carbonyl (C=O) groups excluding carboxylic acids is 1. The summed E-state index contributed by atoms with van der Waals surface area (Å²) in [4.78, 5) is 21.2. The summed E-state index contributed by atoms with van der Waals surface area (Å²) in [5.74, 6) is 1.49. The number of halogens is 1. The van der Waals surface area contributed by atoms with Crippen LogP contribution >= 0.6 is 0 Å². The van der Waals surface area contributed by atoms with Crippen LogP contribution in [0.4, 0.5) is 10.2 Å². The Kier molecular flexibility index (Phi) is 4.77. The number of aromatic nitrogens is 3. The number of carbonyl (C=O) groups is 1. The number of nitrogens with zero attached hydrogens (tertiary/aromatic N) is 3. The van der Waals surface area contributed by atoms with Crippen LogP contribution in [0.1, 0.15) is 47.4 Å². The molecular formula is C20H20FN5O2. The average Bonchev–Trinajstić information content (AvgIpc) is 3.16. The van der Waals surface area contributed by atoms with E-state index < -0.39 is 0 Å². The van der Waals surface area contributed by atoms with Gasteiger partial charge in [-0.1, -0.05) is 19.0 Å². The molecule has 1 aliphatic rings. The van der Waals surface area contributed by atoms with Crippen LogP contribution in [0.15, 0.2) is 34.9 Å². The van der Waals surface area contributed by atoms with E-state index in [-0.39, 0.29) is 17.6 Å². The van der Waals surface area contributed by atoms with Gasteiger partial charge >= 0.3 is 0 Å². The molecule has 0 radical (unpaired) electrons. The molecule has 7 nitrogen and oxygen atoms in total. The topological polar surface area (TPSA) is 92.9 Å². The lowest BCUT2D eigenvalue weighted by Crippen LogP contribution is -2.34. The Morgan fingerprint density at radius 2 is 2.04 bits per heavy atom. The van der Waals surface area contributed by atoms with Crippen LogP contribution in [0.2, 0.25) is 0 Å². The van der Waals surface area contributed by atoms with Gasteiger partial charge in [-0.3, -0.25) is 4.79 Å². The van der Waals surface area contributed by atoms with Gasteiger partial charge in [-0.15, -0.1) is 0 Å². The Morgan fingerprint density at radius 1 is 1.25 bits per heavy atom. The van der Waals surface area contributed by atoms with Crippen molar-refractivity contribution < 1.29 is 13.7 Å². The first-order valence-corrected chi connectivity index (χ1v) is 9.15. The molecule has 8 heteroatoms. The fourth-order valence-corrected chi connectivity index (χ4v) is 3.04. The highest BCUT2D eigenvalue weighted by Gasteiger charge is 2.24. The Morgan fingerprint density at radius 3 is 2.79 bits per heavy atom. The van der Waals surface area contributed by atoms with E-state index in [9.17, 15) is 9.18 Å². The van der Waals surface area contributed by atoms with Crippen LogP contribution in [0, 0.1) is 5.82 Å². The lowest BCUT2D eigenvalue weighted by Gasteiger charge is -2.20. The highest BCUT2D eigenvalue weighted by Crippen LogP contribution is 2.24. The van der Waals surface area contributed by atoms with Crippen molar-refractivity contribution in [3.63, 3.8) is 0 Å². The fraction of sp³-hybridized carbons (Fsp3) is 0.300. The Labute approximate surface area is 161 Å². The zero-order valence-electron chi connectivity index (χ0n) is 15.6. The number of rotatable bonds is 5. The fourth-order valence-electron chi connectivity index (χ4n) is 3.04. The standard InChI is InChI=1S/C20H20FN5O2/c1-11(2)18-24-17-15(7-8-22-20(17)27)19(25-18)23-10-14-9-16(26-28-14)12-3-5-13(21)6-4-12/h3-6,9,11H,7-8,10H2,1-2H3,(H,22,27)(H,23,24,25). The van der Waals surface area contributed by atoms with Gasteiger partial charge in [0.25, 0.3) is 5.91 Å². The molecule has 28 heavy (non-hydrogen) atoms. The second-order valence-electron chi connectivity index (χ2n) is 6.96. The number of hydrogen-bond donors (Lipinski definition) is 2. The molecule has 2 aromatic heterocycles. The zero-order chi connectivity index (χ0) is 19.7. The maximum absolute atomic E-state index is 13.1. The average molecular weight is 381 g/mol. The molecule has 0 spiro atoms.